The summed E-state index contributed by atoms with van der Waals surface area (Å²) in [5.41, 5.74) is 2.32. The van der Waals surface area contributed by atoms with Crippen LogP contribution in [0.2, 0.25) is 0 Å². The molecule has 0 unspecified atom stereocenters. The van der Waals surface area contributed by atoms with E-state index in [2.05, 4.69) is 25.0 Å². The van der Waals surface area contributed by atoms with Gasteiger partial charge in [0.1, 0.15) is 0 Å². The summed E-state index contributed by atoms with van der Waals surface area (Å²) in [6.07, 6.45) is 7.56. The molecular formula is C11H13. The quantitative estimate of drug-likeness (QED) is 0.561. The molecule has 11 heavy (non-hydrogen) atoms. The highest BCUT2D eigenvalue weighted by atomic mass is 14.0. The van der Waals surface area contributed by atoms with Gasteiger partial charge < -0.3 is 0 Å². The average molecular weight is 145 g/mol. The monoisotopic (exact) mass is 145 g/mol. The third-order valence-electron chi connectivity index (χ3n) is 1.63. The third kappa shape index (κ3) is 2.13. The van der Waals surface area contributed by atoms with E-state index < -0.39 is 0 Å². The van der Waals surface area contributed by atoms with E-state index in [1.54, 1.807) is 0 Å². The van der Waals surface area contributed by atoms with Crippen LogP contribution >= 0.6 is 0 Å². The largest absolute Gasteiger partial charge is 0.115 e. The number of rotatable bonds is 2. The topological polar surface area (TPSA) is 0 Å². The average Bonchev–Trinajstić information content (AvgIpc) is 2.06. The standard InChI is InChI=1S/C11H12.H/c1-3-6-11-8-5-7-10(4-2)9-11;/h2,5,7-9H,3,6H2,1H3;. The Balaban J connectivity index is 0.00000121. The zero-order valence-electron chi connectivity index (χ0n) is 7.80. The molecule has 0 fully saturated rings. The molecule has 0 nitrogen and oxygen atoms in total. The van der Waals surface area contributed by atoms with E-state index in [9.17, 15) is 0 Å². The number of hydrogen-bond acceptors (Lipinski definition) is 0. The van der Waals surface area contributed by atoms with E-state index in [-0.39, 0.29) is 1.43 Å². The Kier molecular flexibility index (Phi) is 2.74. The van der Waals surface area contributed by atoms with Crippen LogP contribution in [-0.2, 0) is 6.42 Å². The first-order valence-corrected chi connectivity index (χ1v) is 3.92. The van der Waals surface area contributed by atoms with Crippen molar-refractivity contribution in [1.82, 2.24) is 0 Å². The molecular weight excluding hydrogens is 132 g/mol. The van der Waals surface area contributed by atoms with Gasteiger partial charge in [0.05, 0.1) is 0 Å². The van der Waals surface area contributed by atoms with Gasteiger partial charge in [-0.1, -0.05) is 31.4 Å². The lowest BCUT2D eigenvalue weighted by atomic mass is 10.1. The Morgan fingerprint density at radius 3 is 3.00 bits per heavy atom. The van der Waals surface area contributed by atoms with Gasteiger partial charge in [-0.25, -0.2) is 0 Å². The first-order chi connectivity index (χ1) is 5.36. The van der Waals surface area contributed by atoms with Gasteiger partial charge in [0, 0.05) is 6.99 Å². The van der Waals surface area contributed by atoms with Crippen molar-refractivity contribution in [2.24, 2.45) is 0 Å². The highest BCUT2D eigenvalue weighted by Gasteiger charge is 1.90. The van der Waals surface area contributed by atoms with E-state index in [4.69, 9.17) is 6.42 Å². The highest BCUT2D eigenvalue weighted by Crippen LogP contribution is 2.05. The molecule has 0 spiro atoms. The van der Waals surface area contributed by atoms with Crippen LogP contribution in [0.25, 0.3) is 0 Å². The van der Waals surface area contributed by atoms with Crippen LogP contribution in [0.1, 0.15) is 25.9 Å². The van der Waals surface area contributed by atoms with Crippen molar-refractivity contribution < 1.29 is 1.43 Å². The smallest absolute Gasteiger partial charge is 0.0245 e. The third-order valence-corrected chi connectivity index (χ3v) is 1.63. The molecule has 0 saturated carbocycles. The normalized spacial score (nSPS) is 9.09. The van der Waals surface area contributed by atoms with Gasteiger partial charge in [-0.2, -0.15) is 0 Å². The van der Waals surface area contributed by atoms with E-state index >= 15 is 0 Å². The van der Waals surface area contributed by atoms with Gasteiger partial charge in [0.15, 0.2) is 0 Å². The molecule has 0 aliphatic rings. The zero-order chi connectivity index (χ0) is 8.10. The molecule has 0 heterocycles. The van der Waals surface area contributed by atoms with E-state index in [0.29, 0.717) is 0 Å². The Morgan fingerprint density at radius 2 is 2.36 bits per heavy atom. The van der Waals surface area contributed by atoms with Crippen molar-refractivity contribution in [3.63, 3.8) is 0 Å². The number of benzene rings is 1. The number of terminal acetylenes is 1. The maximum absolute atomic E-state index is 5.26. The summed E-state index contributed by atoms with van der Waals surface area (Å²) in [5, 5.41) is 0. The second-order valence-electron chi connectivity index (χ2n) is 2.59. The first kappa shape index (κ1) is 7.88. The maximum Gasteiger partial charge on any atom is 0.0245 e. The lowest BCUT2D eigenvalue weighted by molar-refractivity contribution is 0.921. The molecule has 1 aromatic rings. The molecule has 0 aromatic heterocycles. The molecule has 0 bridgehead atoms. The zero-order valence-corrected chi connectivity index (χ0v) is 6.80. The van der Waals surface area contributed by atoms with E-state index in [0.717, 1.165) is 12.0 Å². The Morgan fingerprint density at radius 1 is 1.55 bits per heavy atom. The molecule has 0 saturated heterocycles. The summed E-state index contributed by atoms with van der Waals surface area (Å²) in [7, 11) is 0. The summed E-state index contributed by atoms with van der Waals surface area (Å²) in [4.78, 5) is 0. The van der Waals surface area contributed by atoms with Crippen molar-refractivity contribution in [2.75, 3.05) is 0 Å². The van der Waals surface area contributed by atoms with Crippen molar-refractivity contribution in [3.05, 3.63) is 35.4 Å². The highest BCUT2D eigenvalue weighted by molar-refractivity contribution is 5.35. The molecule has 0 aliphatic carbocycles. The number of hydrogen-bond donors (Lipinski definition) is 0. The minimum atomic E-state index is 0. The molecule has 1 rings (SSSR count). The van der Waals surface area contributed by atoms with Crippen LogP contribution in [0.4, 0.5) is 0 Å². The van der Waals surface area contributed by atoms with E-state index in [1.165, 1.54) is 12.0 Å². The van der Waals surface area contributed by atoms with Crippen LogP contribution in [0, 0.1) is 12.3 Å². The molecule has 0 atom stereocenters. The summed E-state index contributed by atoms with van der Waals surface area (Å²) in [6.45, 7) is 2.17. The molecule has 1 aromatic carbocycles. The van der Waals surface area contributed by atoms with Gasteiger partial charge in [-0.15, -0.1) is 6.42 Å². The molecule has 0 amide bonds. The molecule has 0 heteroatoms. The van der Waals surface area contributed by atoms with Crippen LogP contribution in [-0.4, -0.2) is 0 Å². The van der Waals surface area contributed by atoms with Crippen molar-refractivity contribution in [1.29, 1.82) is 0 Å². The summed E-state index contributed by atoms with van der Waals surface area (Å²) >= 11 is 0. The summed E-state index contributed by atoms with van der Waals surface area (Å²) < 4.78 is 0. The minimum Gasteiger partial charge on any atom is -0.115 e. The van der Waals surface area contributed by atoms with Gasteiger partial charge in [-0.3, -0.25) is 0 Å². The second kappa shape index (κ2) is 3.83. The fourth-order valence-corrected chi connectivity index (χ4v) is 1.11. The van der Waals surface area contributed by atoms with Gasteiger partial charge >= 0.3 is 0 Å². The van der Waals surface area contributed by atoms with Gasteiger partial charge in [0.2, 0.25) is 0 Å². The van der Waals surface area contributed by atoms with Crippen molar-refractivity contribution in [2.45, 2.75) is 19.8 Å². The Hall–Kier alpha value is -1.22. The fraction of sp³-hybridized carbons (Fsp3) is 0.273. The van der Waals surface area contributed by atoms with Gasteiger partial charge in [-0.05, 0) is 24.1 Å². The van der Waals surface area contributed by atoms with Gasteiger partial charge in [0.25, 0.3) is 0 Å². The Bertz CT molecular complexity index is 271. The van der Waals surface area contributed by atoms with Crippen LogP contribution in [0.3, 0.4) is 0 Å². The summed E-state index contributed by atoms with van der Waals surface area (Å²) in [6, 6.07) is 8.16. The first-order valence-electron chi connectivity index (χ1n) is 3.92. The maximum atomic E-state index is 5.26. The second-order valence-corrected chi connectivity index (χ2v) is 2.59. The molecule has 57 valence electrons. The predicted molar refractivity (Wildman–Crippen MR) is 49.5 cm³/mol. The summed E-state index contributed by atoms with van der Waals surface area (Å²) in [5.74, 6) is 2.63. The fourth-order valence-electron chi connectivity index (χ4n) is 1.11. The van der Waals surface area contributed by atoms with Crippen LogP contribution in [0.5, 0.6) is 0 Å². The molecule has 0 aliphatic heterocycles. The van der Waals surface area contributed by atoms with E-state index in [1.807, 2.05) is 12.1 Å². The SMILES string of the molecule is C#Cc1cccc(CCC)c1.[H]. The number of aryl methyl sites for hydroxylation is 1. The van der Waals surface area contributed by atoms with Crippen LogP contribution in [0.15, 0.2) is 24.3 Å². The van der Waals surface area contributed by atoms with Crippen molar-refractivity contribution in [3.8, 4) is 12.3 Å². The molecule has 1 radical (unpaired) electrons. The van der Waals surface area contributed by atoms with Crippen LogP contribution < -0.4 is 0 Å². The Labute approximate surface area is 69.7 Å². The predicted octanol–water partition coefficient (Wildman–Crippen LogP) is 2.73. The lowest BCUT2D eigenvalue weighted by Gasteiger charge is -1.97. The molecule has 0 N–H and O–H groups in total. The minimum absolute atomic E-state index is 0. The lowest BCUT2D eigenvalue weighted by Crippen LogP contribution is -1.83. The van der Waals surface area contributed by atoms with Crippen molar-refractivity contribution >= 4 is 0 Å².